The fourth-order valence-electron chi connectivity index (χ4n) is 1.53. The summed E-state index contributed by atoms with van der Waals surface area (Å²) in [6, 6.07) is 3.88. The average molecular weight is 351 g/mol. The SMILES string of the molecule is CCOC(=O)c1ccc(OC(F)F)c(CC(=O)CBr)c1. The number of hydrogen-bond donors (Lipinski definition) is 0. The minimum atomic E-state index is -3.00. The lowest BCUT2D eigenvalue weighted by Gasteiger charge is -2.11. The molecule has 0 saturated carbocycles. The van der Waals surface area contributed by atoms with Crippen molar-refractivity contribution in [2.45, 2.75) is 20.0 Å². The van der Waals surface area contributed by atoms with E-state index in [1.165, 1.54) is 18.2 Å². The molecule has 110 valence electrons. The molecule has 0 heterocycles. The molecular weight excluding hydrogens is 338 g/mol. The van der Waals surface area contributed by atoms with Crippen molar-refractivity contribution in [2.24, 2.45) is 0 Å². The molecule has 0 aromatic heterocycles. The molecule has 1 rings (SSSR count). The van der Waals surface area contributed by atoms with Crippen LogP contribution in [0.5, 0.6) is 5.75 Å². The van der Waals surface area contributed by atoms with Gasteiger partial charge < -0.3 is 9.47 Å². The van der Waals surface area contributed by atoms with Crippen LogP contribution in [-0.2, 0) is 16.0 Å². The number of halogens is 3. The number of hydrogen-bond acceptors (Lipinski definition) is 4. The highest BCUT2D eigenvalue weighted by molar-refractivity contribution is 9.09. The Hall–Kier alpha value is -1.50. The second kappa shape index (κ2) is 7.94. The van der Waals surface area contributed by atoms with Crippen LogP contribution in [0.25, 0.3) is 0 Å². The molecule has 0 aliphatic rings. The van der Waals surface area contributed by atoms with Crippen LogP contribution in [0.15, 0.2) is 18.2 Å². The summed E-state index contributed by atoms with van der Waals surface area (Å²) in [7, 11) is 0. The number of ketones is 1. The lowest BCUT2D eigenvalue weighted by Crippen LogP contribution is -2.11. The molecule has 4 nitrogen and oxygen atoms in total. The van der Waals surface area contributed by atoms with E-state index in [1.54, 1.807) is 6.92 Å². The predicted octanol–water partition coefficient (Wildman–Crippen LogP) is 2.97. The molecule has 0 spiro atoms. The molecular formula is C13H13BrF2O4. The Kier molecular flexibility index (Phi) is 6.57. The molecule has 1 aromatic rings. The average Bonchev–Trinajstić information content (AvgIpc) is 2.40. The highest BCUT2D eigenvalue weighted by Gasteiger charge is 2.16. The fraction of sp³-hybridized carbons (Fsp3) is 0.385. The Bertz CT molecular complexity index is 491. The van der Waals surface area contributed by atoms with Gasteiger partial charge in [0.1, 0.15) is 11.5 Å². The maximum atomic E-state index is 12.3. The molecule has 0 bridgehead atoms. The summed E-state index contributed by atoms with van der Waals surface area (Å²) in [5.41, 5.74) is 0.408. The van der Waals surface area contributed by atoms with Crippen molar-refractivity contribution in [1.29, 1.82) is 0 Å². The van der Waals surface area contributed by atoms with Gasteiger partial charge >= 0.3 is 12.6 Å². The summed E-state index contributed by atoms with van der Waals surface area (Å²) >= 11 is 2.99. The fourth-order valence-corrected chi connectivity index (χ4v) is 1.73. The highest BCUT2D eigenvalue weighted by atomic mass is 79.9. The van der Waals surface area contributed by atoms with Gasteiger partial charge in [0.25, 0.3) is 0 Å². The van der Waals surface area contributed by atoms with E-state index >= 15 is 0 Å². The van der Waals surface area contributed by atoms with E-state index in [-0.39, 0.29) is 41.0 Å². The third kappa shape index (κ3) is 4.88. The van der Waals surface area contributed by atoms with Crippen molar-refractivity contribution < 1.29 is 27.8 Å². The van der Waals surface area contributed by atoms with E-state index in [2.05, 4.69) is 20.7 Å². The first kappa shape index (κ1) is 16.6. The number of carbonyl (C=O) groups is 2. The smallest absolute Gasteiger partial charge is 0.387 e. The van der Waals surface area contributed by atoms with E-state index in [0.717, 1.165) is 0 Å². The molecule has 0 amide bonds. The van der Waals surface area contributed by atoms with Gasteiger partial charge in [-0.05, 0) is 25.1 Å². The number of ether oxygens (including phenoxy) is 2. The van der Waals surface area contributed by atoms with Gasteiger partial charge in [-0.1, -0.05) is 15.9 Å². The molecule has 20 heavy (non-hydrogen) atoms. The van der Waals surface area contributed by atoms with Crippen LogP contribution < -0.4 is 4.74 Å². The highest BCUT2D eigenvalue weighted by Crippen LogP contribution is 2.23. The van der Waals surface area contributed by atoms with E-state index < -0.39 is 12.6 Å². The van der Waals surface area contributed by atoms with Gasteiger partial charge in [-0.3, -0.25) is 4.79 Å². The summed E-state index contributed by atoms with van der Waals surface area (Å²) in [6.07, 6.45) is -0.111. The molecule has 1 aromatic carbocycles. The molecule has 0 N–H and O–H groups in total. The van der Waals surface area contributed by atoms with E-state index in [4.69, 9.17) is 4.74 Å². The zero-order chi connectivity index (χ0) is 15.1. The Morgan fingerprint density at radius 1 is 1.35 bits per heavy atom. The van der Waals surface area contributed by atoms with Crippen molar-refractivity contribution >= 4 is 27.7 Å². The van der Waals surface area contributed by atoms with Crippen molar-refractivity contribution in [3.63, 3.8) is 0 Å². The van der Waals surface area contributed by atoms with Gasteiger partial charge in [-0.2, -0.15) is 8.78 Å². The zero-order valence-electron chi connectivity index (χ0n) is 10.7. The van der Waals surface area contributed by atoms with Gasteiger partial charge in [0, 0.05) is 12.0 Å². The summed E-state index contributed by atoms with van der Waals surface area (Å²) in [5.74, 6) is -0.920. The second-order valence-electron chi connectivity index (χ2n) is 3.77. The number of rotatable bonds is 7. The van der Waals surface area contributed by atoms with Gasteiger partial charge in [-0.25, -0.2) is 4.79 Å². The Morgan fingerprint density at radius 2 is 2.05 bits per heavy atom. The quantitative estimate of drug-likeness (QED) is 0.560. The molecule has 7 heteroatoms. The van der Waals surface area contributed by atoms with Crippen LogP contribution >= 0.6 is 15.9 Å². The summed E-state index contributed by atoms with van der Waals surface area (Å²) < 4.78 is 33.7. The van der Waals surface area contributed by atoms with E-state index in [1.807, 2.05) is 0 Å². The Morgan fingerprint density at radius 3 is 2.60 bits per heavy atom. The summed E-state index contributed by atoms with van der Waals surface area (Å²) in [5, 5.41) is 0.0880. The molecule has 0 atom stereocenters. The summed E-state index contributed by atoms with van der Waals surface area (Å²) in [6.45, 7) is -1.15. The largest absolute Gasteiger partial charge is 0.462 e. The van der Waals surface area contributed by atoms with Crippen molar-refractivity contribution in [3.05, 3.63) is 29.3 Å². The second-order valence-corrected chi connectivity index (χ2v) is 4.33. The maximum Gasteiger partial charge on any atom is 0.387 e. The van der Waals surface area contributed by atoms with Crippen molar-refractivity contribution in [3.8, 4) is 5.75 Å². The van der Waals surface area contributed by atoms with Crippen LogP contribution in [0.3, 0.4) is 0 Å². The van der Waals surface area contributed by atoms with Gasteiger partial charge in [0.15, 0.2) is 0 Å². The molecule has 0 aliphatic heterocycles. The van der Waals surface area contributed by atoms with E-state index in [9.17, 15) is 18.4 Å². The predicted molar refractivity (Wildman–Crippen MR) is 71.5 cm³/mol. The third-order valence-electron chi connectivity index (χ3n) is 2.32. The molecule has 0 aliphatic carbocycles. The number of alkyl halides is 3. The van der Waals surface area contributed by atoms with Crippen LogP contribution in [0.1, 0.15) is 22.8 Å². The first-order chi connectivity index (χ1) is 9.47. The monoisotopic (exact) mass is 350 g/mol. The van der Waals surface area contributed by atoms with Crippen molar-refractivity contribution in [2.75, 3.05) is 11.9 Å². The molecule has 0 unspecified atom stereocenters. The van der Waals surface area contributed by atoms with Gasteiger partial charge in [0.05, 0.1) is 17.5 Å². The van der Waals surface area contributed by atoms with Gasteiger partial charge in [0.2, 0.25) is 0 Å². The lowest BCUT2D eigenvalue weighted by atomic mass is 10.0. The zero-order valence-corrected chi connectivity index (χ0v) is 12.3. The standard InChI is InChI=1S/C13H13BrF2O4/c1-2-19-12(18)8-3-4-11(20-13(15)16)9(5-8)6-10(17)7-14/h3-5,13H,2,6-7H2,1H3. The normalized spacial score (nSPS) is 10.4. The topological polar surface area (TPSA) is 52.6 Å². The first-order valence-electron chi connectivity index (χ1n) is 5.80. The van der Waals surface area contributed by atoms with Crippen LogP contribution in [0.4, 0.5) is 8.78 Å². The van der Waals surface area contributed by atoms with Crippen LogP contribution in [-0.4, -0.2) is 30.3 Å². The van der Waals surface area contributed by atoms with Crippen LogP contribution in [0, 0.1) is 0 Å². The molecule has 0 radical (unpaired) electrons. The number of Topliss-reactive ketones (excluding diaryl/α,β-unsaturated/α-hetero) is 1. The Labute approximate surface area is 123 Å². The number of benzene rings is 1. The van der Waals surface area contributed by atoms with E-state index in [0.29, 0.717) is 0 Å². The Balaban J connectivity index is 3.07. The third-order valence-corrected chi connectivity index (χ3v) is 2.95. The number of carbonyl (C=O) groups excluding carboxylic acids is 2. The minimum absolute atomic E-state index is 0.0880. The first-order valence-corrected chi connectivity index (χ1v) is 6.92. The maximum absolute atomic E-state index is 12.3. The lowest BCUT2D eigenvalue weighted by molar-refractivity contribution is -0.116. The summed E-state index contributed by atoms with van der Waals surface area (Å²) in [4.78, 5) is 23.0. The number of esters is 1. The van der Waals surface area contributed by atoms with Crippen molar-refractivity contribution in [1.82, 2.24) is 0 Å². The minimum Gasteiger partial charge on any atom is -0.462 e. The van der Waals surface area contributed by atoms with Gasteiger partial charge in [-0.15, -0.1) is 0 Å². The molecule has 0 fully saturated rings. The molecule has 0 saturated heterocycles. The van der Waals surface area contributed by atoms with Crippen LogP contribution in [0.2, 0.25) is 0 Å².